The third-order valence-corrected chi connectivity index (χ3v) is 6.33. The Bertz CT molecular complexity index is 772. The molecule has 0 aromatic carbocycles. The predicted molar refractivity (Wildman–Crippen MR) is 91.1 cm³/mol. The van der Waals surface area contributed by atoms with Gasteiger partial charge in [-0.2, -0.15) is 0 Å². The second-order valence-corrected chi connectivity index (χ2v) is 7.67. The molecule has 6 rings (SSSR count). The molecule has 6 heterocycles. The highest BCUT2D eigenvalue weighted by molar-refractivity contribution is 7.13. The molecule has 1 atom stereocenters. The third kappa shape index (κ3) is 2.15. The molecule has 0 unspecified atom stereocenters. The lowest BCUT2D eigenvalue weighted by Crippen LogP contribution is -2.61. The van der Waals surface area contributed by atoms with E-state index in [1.54, 1.807) is 28.6 Å². The van der Waals surface area contributed by atoms with E-state index in [-0.39, 0.29) is 11.7 Å². The van der Waals surface area contributed by atoms with E-state index in [0.717, 1.165) is 43.0 Å². The van der Waals surface area contributed by atoms with E-state index in [0.29, 0.717) is 18.3 Å². The van der Waals surface area contributed by atoms with E-state index >= 15 is 0 Å². The van der Waals surface area contributed by atoms with Crippen LogP contribution in [-0.2, 0) is 4.74 Å². The molecule has 4 aliphatic rings. The number of carbonyl (C=O) groups excluding carboxylic acids is 1. The average molecular weight is 342 g/mol. The number of carbonyl (C=O) groups is 1. The summed E-state index contributed by atoms with van der Waals surface area (Å²) < 4.78 is 5.91. The number of rotatable bonds is 2. The van der Waals surface area contributed by atoms with Gasteiger partial charge in [-0.1, -0.05) is 0 Å². The topological polar surface area (TPSA) is 58.6 Å². The molecular formula is C17H18N4O2S. The first kappa shape index (κ1) is 14.4. The highest BCUT2D eigenvalue weighted by Crippen LogP contribution is 2.43. The highest BCUT2D eigenvalue weighted by Gasteiger charge is 2.56. The standard InChI is InChI=1S/C17H18N4O2S/c22-16-21(11-17(23-16)10-20-7-3-13(17)4-8-20)14-9-24-15(19-14)12-1-5-18-6-2-12/h1-2,5-6,9,13H,3-4,7-8,10-11H2/t17-/m1/s1. The van der Waals surface area contributed by atoms with E-state index in [1.165, 1.54) is 0 Å². The minimum absolute atomic E-state index is 0.254. The molecule has 124 valence electrons. The van der Waals surface area contributed by atoms with Gasteiger partial charge in [-0.3, -0.25) is 14.8 Å². The van der Waals surface area contributed by atoms with Crippen LogP contribution in [0.15, 0.2) is 29.9 Å². The van der Waals surface area contributed by atoms with Crippen molar-refractivity contribution in [2.75, 3.05) is 31.1 Å². The molecule has 0 saturated carbocycles. The van der Waals surface area contributed by atoms with E-state index < -0.39 is 0 Å². The second-order valence-electron chi connectivity index (χ2n) is 6.82. The van der Waals surface area contributed by atoms with Gasteiger partial charge in [0.15, 0.2) is 0 Å². The van der Waals surface area contributed by atoms with Crippen molar-refractivity contribution in [1.29, 1.82) is 0 Å². The first-order valence-corrected chi connectivity index (χ1v) is 9.20. The number of piperidine rings is 3. The quantitative estimate of drug-likeness (QED) is 0.840. The van der Waals surface area contributed by atoms with Gasteiger partial charge in [0.05, 0.1) is 6.54 Å². The van der Waals surface area contributed by atoms with Gasteiger partial charge < -0.3 is 4.74 Å². The van der Waals surface area contributed by atoms with Crippen molar-refractivity contribution in [3.8, 4) is 10.6 Å². The summed E-state index contributed by atoms with van der Waals surface area (Å²) in [5, 5.41) is 2.84. The van der Waals surface area contributed by atoms with Gasteiger partial charge in [0.2, 0.25) is 0 Å². The van der Waals surface area contributed by atoms with Crippen LogP contribution in [0.2, 0.25) is 0 Å². The Kier molecular flexibility index (Phi) is 3.14. The fraction of sp³-hybridized carbons (Fsp3) is 0.471. The summed E-state index contributed by atoms with van der Waals surface area (Å²) in [5.74, 6) is 1.18. The first-order valence-electron chi connectivity index (χ1n) is 8.32. The lowest BCUT2D eigenvalue weighted by Gasteiger charge is -2.49. The molecular weight excluding hydrogens is 324 g/mol. The largest absolute Gasteiger partial charge is 0.439 e. The van der Waals surface area contributed by atoms with Crippen LogP contribution in [0.3, 0.4) is 0 Å². The number of amides is 1. The van der Waals surface area contributed by atoms with Crippen LogP contribution in [0.1, 0.15) is 12.8 Å². The smallest absolute Gasteiger partial charge is 0.416 e. The van der Waals surface area contributed by atoms with Crippen LogP contribution in [0.5, 0.6) is 0 Å². The number of fused-ring (bicyclic) bond motifs is 2. The van der Waals surface area contributed by atoms with Gasteiger partial charge >= 0.3 is 6.09 Å². The van der Waals surface area contributed by atoms with Gasteiger partial charge in [0.25, 0.3) is 0 Å². The third-order valence-electron chi connectivity index (χ3n) is 5.46. The summed E-state index contributed by atoms with van der Waals surface area (Å²) in [4.78, 5) is 25.3. The summed E-state index contributed by atoms with van der Waals surface area (Å²) in [6.07, 6.45) is 5.50. The van der Waals surface area contributed by atoms with E-state index in [1.807, 2.05) is 17.5 Å². The Balaban J connectivity index is 1.42. The summed E-state index contributed by atoms with van der Waals surface area (Å²) in [7, 11) is 0. The van der Waals surface area contributed by atoms with Crippen LogP contribution in [0.25, 0.3) is 10.6 Å². The van der Waals surface area contributed by atoms with Crippen LogP contribution in [-0.4, -0.2) is 52.7 Å². The van der Waals surface area contributed by atoms with Gasteiger partial charge in [0, 0.05) is 35.8 Å². The van der Waals surface area contributed by atoms with E-state index in [2.05, 4.69) is 14.9 Å². The number of nitrogens with zero attached hydrogens (tertiary/aromatic N) is 4. The molecule has 4 fully saturated rings. The van der Waals surface area contributed by atoms with Crippen molar-refractivity contribution in [2.45, 2.75) is 18.4 Å². The molecule has 2 aromatic rings. The molecule has 4 aliphatic heterocycles. The number of hydrogen-bond acceptors (Lipinski definition) is 6. The maximum Gasteiger partial charge on any atom is 0.416 e. The molecule has 7 heteroatoms. The lowest BCUT2D eigenvalue weighted by atomic mass is 9.75. The average Bonchev–Trinajstić information content (AvgIpc) is 3.22. The molecule has 4 saturated heterocycles. The maximum atomic E-state index is 12.5. The van der Waals surface area contributed by atoms with Crippen LogP contribution in [0.4, 0.5) is 10.6 Å². The van der Waals surface area contributed by atoms with Crippen molar-refractivity contribution in [2.24, 2.45) is 5.92 Å². The summed E-state index contributed by atoms with van der Waals surface area (Å²) in [6, 6.07) is 3.86. The molecule has 1 spiro atoms. The van der Waals surface area contributed by atoms with Crippen molar-refractivity contribution >= 4 is 23.2 Å². The first-order chi connectivity index (χ1) is 11.7. The second kappa shape index (κ2) is 5.26. The maximum absolute atomic E-state index is 12.5. The molecule has 0 radical (unpaired) electrons. The van der Waals surface area contributed by atoms with Crippen molar-refractivity contribution in [3.05, 3.63) is 29.9 Å². The number of pyridine rings is 1. The Morgan fingerprint density at radius 1 is 1.21 bits per heavy atom. The van der Waals surface area contributed by atoms with Crippen molar-refractivity contribution < 1.29 is 9.53 Å². The van der Waals surface area contributed by atoms with Gasteiger partial charge in [-0.25, -0.2) is 9.78 Å². The Morgan fingerprint density at radius 2 is 2.00 bits per heavy atom. The van der Waals surface area contributed by atoms with E-state index in [4.69, 9.17) is 4.74 Å². The molecule has 2 bridgehead atoms. The molecule has 0 aliphatic carbocycles. The van der Waals surface area contributed by atoms with Crippen molar-refractivity contribution in [3.63, 3.8) is 0 Å². The Hall–Kier alpha value is -1.99. The molecule has 24 heavy (non-hydrogen) atoms. The molecule has 1 amide bonds. The van der Waals surface area contributed by atoms with Gasteiger partial charge in [0.1, 0.15) is 16.4 Å². The number of anilines is 1. The van der Waals surface area contributed by atoms with Crippen LogP contribution >= 0.6 is 11.3 Å². The number of hydrogen-bond donors (Lipinski definition) is 0. The zero-order chi connectivity index (χ0) is 16.1. The number of thiazole rings is 1. The fourth-order valence-electron chi connectivity index (χ4n) is 4.20. The zero-order valence-corrected chi connectivity index (χ0v) is 14.0. The predicted octanol–water partition coefficient (Wildman–Crippen LogP) is 2.63. The normalized spacial score (nSPS) is 31.7. The summed E-state index contributed by atoms with van der Waals surface area (Å²) in [6.45, 7) is 3.74. The van der Waals surface area contributed by atoms with Crippen molar-refractivity contribution in [1.82, 2.24) is 14.9 Å². The Morgan fingerprint density at radius 3 is 2.71 bits per heavy atom. The molecule has 0 N–H and O–H groups in total. The Labute approximate surface area is 144 Å². The van der Waals surface area contributed by atoms with Crippen LogP contribution < -0.4 is 4.90 Å². The van der Waals surface area contributed by atoms with Gasteiger partial charge in [-0.15, -0.1) is 11.3 Å². The SMILES string of the molecule is O=C1O[C@]2(CN3CCC2CC3)CN1c1csc(-c2ccncc2)n1. The van der Waals surface area contributed by atoms with Crippen LogP contribution in [0, 0.1) is 5.92 Å². The minimum Gasteiger partial charge on any atom is -0.439 e. The number of aromatic nitrogens is 2. The van der Waals surface area contributed by atoms with E-state index in [9.17, 15) is 4.79 Å². The molecule has 2 aromatic heterocycles. The fourth-order valence-corrected chi connectivity index (χ4v) is 5.02. The summed E-state index contributed by atoms with van der Waals surface area (Å²) in [5.41, 5.74) is 0.681. The monoisotopic (exact) mass is 342 g/mol. The highest BCUT2D eigenvalue weighted by atomic mass is 32.1. The van der Waals surface area contributed by atoms with Gasteiger partial charge in [-0.05, 0) is 38.1 Å². The zero-order valence-electron chi connectivity index (χ0n) is 13.2. The summed E-state index contributed by atoms with van der Waals surface area (Å²) >= 11 is 1.54. The number of ether oxygens (including phenoxy) is 1. The lowest BCUT2D eigenvalue weighted by molar-refractivity contribution is -0.0881. The minimum atomic E-state index is -0.339. The molecule has 6 nitrogen and oxygen atoms in total.